The van der Waals surface area contributed by atoms with Crippen molar-refractivity contribution in [1.82, 2.24) is 0 Å². The second-order valence-electron chi connectivity index (χ2n) is 3.24. The van der Waals surface area contributed by atoms with Crippen molar-refractivity contribution < 1.29 is 24.2 Å². The first kappa shape index (κ1) is 13.6. The Morgan fingerprint density at radius 3 is 2.11 bits per heavy atom. The van der Waals surface area contributed by atoms with Crippen molar-refractivity contribution in [3.8, 4) is 11.5 Å². The van der Waals surface area contributed by atoms with Crippen LogP contribution in [0.3, 0.4) is 0 Å². The number of carbonyl (C=O) groups excluding carboxylic acids is 2. The highest BCUT2D eigenvalue weighted by Crippen LogP contribution is 2.25. The lowest BCUT2D eigenvalue weighted by atomic mass is 10.2. The van der Waals surface area contributed by atoms with Gasteiger partial charge in [-0.25, -0.2) is 0 Å². The second-order valence-corrected chi connectivity index (χ2v) is 3.24. The number of hydrogen-bond acceptors (Lipinski definition) is 5. The van der Waals surface area contributed by atoms with Crippen LogP contribution in [0, 0.1) is 0 Å². The quantitative estimate of drug-likeness (QED) is 0.740. The van der Waals surface area contributed by atoms with Gasteiger partial charge in [0.25, 0.3) is 0 Å². The van der Waals surface area contributed by atoms with E-state index in [0.29, 0.717) is 23.3 Å². The minimum atomic E-state index is -1.44. The normalized spacial score (nSPS) is 10.1. The number of amides is 1. The molecular weight excluding hydrogens is 238 g/mol. The lowest BCUT2D eigenvalue weighted by Crippen LogP contribution is -2.20. The van der Waals surface area contributed by atoms with E-state index in [2.05, 4.69) is 5.32 Å². The summed E-state index contributed by atoms with van der Waals surface area (Å²) in [4.78, 5) is 21.5. The Morgan fingerprint density at radius 2 is 1.67 bits per heavy atom. The van der Waals surface area contributed by atoms with Crippen molar-refractivity contribution in [3.05, 3.63) is 30.4 Å². The highest BCUT2D eigenvalue weighted by molar-refractivity contribution is 6.02. The highest BCUT2D eigenvalue weighted by Gasteiger charge is 2.03. The SMILES string of the molecule is COc1cc(NC(=O)C=CC(=O)[O-])cc(OC)c1. The topological polar surface area (TPSA) is 87.7 Å². The number of hydrogen-bond donors (Lipinski definition) is 1. The van der Waals surface area contributed by atoms with Gasteiger partial charge in [-0.2, -0.15) is 0 Å². The molecule has 0 spiro atoms. The summed E-state index contributed by atoms with van der Waals surface area (Å²) in [5.41, 5.74) is 0.430. The van der Waals surface area contributed by atoms with E-state index >= 15 is 0 Å². The summed E-state index contributed by atoms with van der Waals surface area (Å²) in [5, 5.41) is 12.6. The molecule has 0 aliphatic carbocycles. The van der Waals surface area contributed by atoms with Crippen molar-refractivity contribution in [3.63, 3.8) is 0 Å². The van der Waals surface area contributed by atoms with E-state index in [4.69, 9.17) is 9.47 Å². The maximum atomic E-state index is 11.3. The summed E-state index contributed by atoms with van der Waals surface area (Å²) in [6.07, 6.45) is 1.51. The molecule has 0 atom stereocenters. The van der Waals surface area contributed by atoms with Crippen molar-refractivity contribution in [2.75, 3.05) is 19.5 Å². The van der Waals surface area contributed by atoms with Crippen LogP contribution in [0.15, 0.2) is 30.4 Å². The molecule has 18 heavy (non-hydrogen) atoms. The number of ether oxygens (including phenoxy) is 2. The zero-order chi connectivity index (χ0) is 13.5. The van der Waals surface area contributed by atoms with Gasteiger partial charge in [0.1, 0.15) is 11.5 Å². The number of carboxylic acid groups (broad SMARTS) is 1. The molecule has 0 aliphatic rings. The molecule has 1 amide bonds. The van der Waals surface area contributed by atoms with Crippen molar-refractivity contribution in [1.29, 1.82) is 0 Å². The minimum absolute atomic E-state index is 0.430. The van der Waals surface area contributed by atoms with Gasteiger partial charge in [-0.15, -0.1) is 0 Å². The molecule has 0 aromatic heterocycles. The number of aliphatic carboxylic acids is 1. The van der Waals surface area contributed by atoms with Gasteiger partial charge in [0, 0.05) is 30.0 Å². The molecule has 0 heterocycles. The number of anilines is 1. The molecule has 0 unspecified atom stereocenters. The van der Waals surface area contributed by atoms with Gasteiger partial charge in [0.2, 0.25) is 5.91 Å². The zero-order valence-corrected chi connectivity index (χ0v) is 9.93. The van der Waals surface area contributed by atoms with E-state index < -0.39 is 11.9 Å². The average Bonchev–Trinajstić information content (AvgIpc) is 2.35. The molecule has 1 aromatic carbocycles. The Bertz CT molecular complexity index is 459. The van der Waals surface area contributed by atoms with Gasteiger partial charge >= 0.3 is 0 Å². The van der Waals surface area contributed by atoms with Crippen molar-refractivity contribution >= 4 is 17.6 Å². The van der Waals surface area contributed by atoms with Crippen LogP contribution in [0.2, 0.25) is 0 Å². The molecule has 6 nitrogen and oxygen atoms in total. The van der Waals surface area contributed by atoms with Gasteiger partial charge in [0.15, 0.2) is 0 Å². The first-order valence-electron chi connectivity index (χ1n) is 4.98. The van der Waals surface area contributed by atoms with E-state index in [-0.39, 0.29) is 0 Å². The van der Waals surface area contributed by atoms with E-state index in [0.717, 1.165) is 6.08 Å². The van der Waals surface area contributed by atoms with Crippen LogP contribution >= 0.6 is 0 Å². The van der Waals surface area contributed by atoms with Gasteiger partial charge in [-0.05, 0) is 6.08 Å². The summed E-state index contributed by atoms with van der Waals surface area (Å²) in [6, 6.07) is 4.80. The molecule has 0 radical (unpaired) electrons. The molecule has 0 saturated carbocycles. The maximum absolute atomic E-state index is 11.3. The summed E-state index contributed by atoms with van der Waals surface area (Å²) in [5.74, 6) is -1.01. The first-order valence-corrected chi connectivity index (χ1v) is 4.98. The van der Waals surface area contributed by atoms with E-state index in [9.17, 15) is 14.7 Å². The monoisotopic (exact) mass is 250 g/mol. The third-order valence-corrected chi connectivity index (χ3v) is 1.99. The van der Waals surface area contributed by atoms with Crippen molar-refractivity contribution in [2.24, 2.45) is 0 Å². The van der Waals surface area contributed by atoms with Crippen LogP contribution in [-0.4, -0.2) is 26.1 Å². The predicted octanol–water partition coefficient (Wildman–Crippen LogP) is -0.0516. The third-order valence-electron chi connectivity index (χ3n) is 1.99. The van der Waals surface area contributed by atoms with Crippen LogP contribution in [0.4, 0.5) is 5.69 Å². The highest BCUT2D eigenvalue weighted by atomic mass is 16.5. The summed E-state index contributed by atoms with van der Waals surface area (Å²) < 4.78 is 10.0. The fourth-order valence-electron chi connectivity index (χ4n) is 1.21. The number of nitrogens with one attached hydrogen (secondary N) is 1. The van der Waals surface area contributed by atoms with E-state index in [1.165, 1.54) is 14.2 Å². The predicted molar refractivity (Wildman–Crippen MR) is 62.3 cm³/mol. The lowest BCUT2D eigenvalue weighted by Gasteiger charge is -2.08. The molecule has 0 fully saturated rings. The lowest BCUT2D eigenvalue weighted by molar-refractivity contribution is -0.297. The first-order chi connectivity index (χ1) is 8.55. The average molecular weight is 250 g/mol. The van der Waals surface area contributed by atoms with E-state index in [1.807, 2.05) is 0 Å². The molecule has 1 aromatic rings. The fraction of sp³-hybridized carbons (Fsp3) is 0.167. The molecule has 96 valence electrons. The van der Waals surface area contributed by atoms with Crippen LogP contribution < -0.4 is 19.9 Å². The molecule has 1 rings (SSSR count). The van der Waals surface area contributed by atoms with Crippen molar-refractivity contribution in [2.45, 2.75) is 0 Å². The van der Waals surface area contributed by atoms with Gasteiger partial charge in [0.05, 0.1) is 20.2 Å². The van der Waals surface area contributed by atoms with Crippen LogP contribution in [-0.2, 0) is 9.59 Å². The van der Waals surface area contributed by atoms with Gasteiger partial charge < -0.3 is 24.7 Å². The van der Waals surface area contributed by atoms with Crippen LogP contribution in [0.25, 0.3) is 0 Å². The number of rotatable bonds is 5. The summed E-state index contributed by atoms with van der Waals surface area (Å²) in [6.45, 7) is 0. The largest absolute Gasteiger partial charge is 0.545 e. The third kappa shape index (κ3) is 4.17. The molecular formula is C12H12NO5-. The standard InChI is InChI=1S/C12H13NO5/c1-17-9-5-8(6-10(7-9)18-2)13-11(14)3-4-12(15)16/h3-7H,1-2H3,(H,13,14)(H,15,16)/p-1. The Labute approximate surface area is 104 Å². The molecule has 0 saturated heterocycles. The zero-order valence-electron chi connectivity index (χ0n) is 9.93. The molecule has 6 heteroatoms. The minimum Gasteiger partial charge on any atom is -0.545 e. The Hall–Kier alpha value is -2.50. The smallest absolute Gasteiger partial charge is 0.248 e. The maximum Gasteiger partial charge on any atom is 0.248 e. The van der Waals surface area contributed by atoms with Gasteiger partial charge in [-0.3, -0.25) is 4.79 Å². The van der Waals surface area contributed by atoms with Gasteiger partial charge in [-0.1, -0.05) is 0 Å². The fourth-order valence-corrected chi connectivity index (χ4v) is 1.21. The number of benzene rings is 1. The number of carbonyl (C=O) groups is 2. The van der Waals surface area contributed by atoms with Crippen LogP contribution in [0.1, 0.15) is 0 Å². The second kappa shape index (κ2) is 6.29. The van der Waals surface area contributed by atoms with E-state index in [1.54, 1.807) is 18.2 Å². The molecule has 0 bridgehead atoms. The number of carboxylic acids is 1. The number of methoxy groups -OCH3 is 2. The Morgan fingerprint density at radius 1 is 1.11 bits per heavy atom. The summed E-state index contributed by atoms with van der Waals surface area (Å²) >= 11 is 0. The molecule has 1 N–H and O–H groups in total. The Balaban J connectivity index is 2.83. The molecule has 0 aliphatic heterocycles. The summed E-state index contributed by atoms with van der Waals surface area (Å²) in [7, 11) is 2.97. The Kier molecular flexibility index (Phi) is 4.74. The van der Waals surface area contributed by atoms with Crippen LogP contribution in [0.5, 0.6) is 11.5 Å².